The minimum Gasteiger partial charge on any atom is -0.481 e. The van der Waals surface area contributed by atoms with Crippen LogP contribution in [0.4, 0.5) is 17.3 Å². The van der Waals surface area contributed by atoms with Crippen molar-refractivity contribution in [2.45, 2.75) is 16.6 Å². The maximum Gasteiger partial charge on any atom is 0.304 e. The van der Waals surface area contributed by atoms with Gasteiger partial charge in [-0.1, -0.05) is 42.5 Å². The number of carboxylic acids is 1. The van der Waals surface area contributed by atoms with Gasteiger partial charge in [0, 0.05) is 23.6 Å². The maximum atomic E-state index is 13.5. The van der Waals surface area contributed by atoms with Gasteiger partial charge < -0.3 is 20.7 Å². The number of aliphatic carboxylic acids is 1. The molecule has 1 heterocycles. The van der Waals surface area contributed by atoms with Crippen LogP contribution in [0, 0.1) is 0 Å². The Balaban J connectivity index is 1.54. The first kappa shape index (κ1) is 22.9. The average Bonchev–Trinajstić information content (AvgIpc) is 3.36. The van der Waals surface area contributed by atoms with Crippen molar-refractivity contribution in [3.8, 4) is 0 Å². The van der Waals surface area contributed by atoms with Crippen LogP contribution in [0.3, 0.4) is 0 Å². The Labute approximate surface area is 198 Å². The highest BCUT2D eigenvalue weighted by Crippen LogP contribution is 2.32. The van der Waals surface area contributed by atoms with Crippen LogP contribution in [0.25, 0.3) is 0 Å². The Bertz CT molecular complexity index is 1290. The van der Waals surface area contributed by atoms with Gasteiger partial charge in [0.15, 0.2) is 0 Å². The van der Waals surface area contributed by atoms with Crippen LogP contribution in [-0.2, 0) is 15.6 Å². The number of hydrogen-bond acceptors (Lipinski definition) is 5. The van der Waals surface area contributed by atoms with Crippen molar-refractivity contribution in [2.75, 3.05) is 10.6 Å². The number of aromatic nitrogens is 2. The number of amides is 1. The van der Waals surface area contributed by atoms with E-state index >= 15 is 0 Å². The van der Waals surface area contributed by atoms with E-state index in [0.717, 1.165) is 5.69 Å². The highest BCUT2D eigenvalue weighted by Gasteiger charge is 2.25. The quantitative estimate of drug-likeness (QED) is 0.278. The molecule has 34 heavy (non-hydrogen) atoms. The van der Waals surface area contributed by atoms with Crippen molar-refractivity contribution in [1.29, 1.82) is 0 Å². The Hall–Kier alpha value is -4.24. The smallest absolute Gasteiger partial charge is 0.304 e. The van der Waals surface area contributed by atoms with Crippen LogP contribution in [0.5, 0.6) is 0 Å². The van der Waals surface area contributed by atoms with Crippen LogP contribution < -0.4 is 10.6 Å². The SMILES string of the molecule is O=C(O)CC(c1ccccc1)S(=O)c1ccccc1NC(=O)c1ccc(Nc2ncc[nH]2)cc1. The summed E-state index contributed by atoms with van der Waals surface area (Å²) in [6.45, 7) is 0. The Kier molecular flexibility index (Phi) is 7.14. The van der Waals surface area contributed by atoms with Gasteiger partial charge in [0.2, 0.25) is 5.95 Å². The van der Waals surface area contributed by atoms with Gasteiger partial charge in [-0.25, -0.2) is 4.98 Å². The van der Waals surface area contributed by atoms with Crippen molar-refractivity contribution in [2.24, 2.45) is 0 Å². The fourth-order valence-electron chi connectivity index (χ4n) is 3.41. The van der Waals surface area contributed by atoms with Gasteiger partial charge >= 0.3 is 5.97 Å². The second-order valence-corrected chi connectivity index (χ2v) is 8.99. The predicted octanol–water partition coefficient (Wildman–Crippen LogP) is 4.73. The number of anilines is 3. The zero-order valence-corrected chi connectivity index (χ0v) is 18.8. The van der Waals surface area contributed by atoms with Crippen molar-refractivity contribution >= 4 is 40.0 Å². The van der Waals surface area contributed by atoms with Crippen LogP contribution in [0.1, 0.15) is 27.6 Å². The Morgan fingerprint density at radius 3 is 2.35 bits per heavy atom. The number of carbonyl (C=O) groups excluding carboxylic acids is 1. The van der Waals surface area contributed by atoms with E-state index in [1.807, 2.05) is 6.07 Å². The molecule has 8 nitrogen and oxygen atoms in total. The third kappa shape index (κ3) is 5.57. The number of rotatable bonds is 9. The summed E-state index contributed by atoms with van der Waals surface area (Å²) in [4.78, 5) is 31.8. The van der Waals surface area contributed by atoms with Gasteiger partial charge in [-0.3, -0.25) is 13.8 Å². The van der Waals surface area contributed by atoms with Gasteiger partial charge in [0.25, 0.3) is 5.91 Å². The molecule has 0 aliphatic carbocycles. The molecule has 0 aliphatic heterocycles. The van der Waals surface area contributed by atoms with E-state index in [1.165, 1.54) is 0 Å². The highest BCUT2D eigenvalue weighted by atomic mass is 32.2. The Morgan fingerprint density at radius 1 is 0.971 bits per heavy atom. The second kappa shape index (κ2) is 10.6. The first-order valence-corrected chi connectivity index (χ1v) is 11.7. The number of H-pyrrole nitrogens is 1. The summed E-state index contributed by atoms with van der Waals surface area (Å²) in [5.41, 5.74) is 2.20. The van der Waals surface area contributed by atoms with Gasteiger partial charge in [-0.05, 0) is 42.0 Å². The van der Waals surface area contributed by atoms with Crippen molar-refractivity contribution in [3.05, 3.63) is 102 Å². The number of para-hydroxylation sites is 1. The summed E-state index contributed by atoms with van der Waals surface area (Å²) in [6.07, 6.45) is 3.03. The highest BCUT2D eigenvalue weighted by molar-refractivity contribution is 7.85. The van der Waals surface area contributed by atoms with E-state index in [4.69, 9.17) is 0 Å². The fourth-order valence-corrected chi connectivity index (χ4v) is 4.97. The lowest BCUT2D eigenvalue weighted by Gasteiger charge is -2.18. The Morgan fingerprint density at radius 2 is 1.68 bits per heavy atom. The second-order valence-electron chi connectivity index (χ2n) is 7.39. The third-order valence-electron chi connectivity index (χ3n) is 5.05. The lowest BCUT2D eigenvalue weighted by molar-refractivity contribution is -0.137. The van der Waals surface area contributed by atoms with E-state index in [1.54, 1.807) is 85.2 Å². The molecule has 3 aromatic carbocycles. The number of hydrogen-bond donors (Lipinski definition) is 4. The third-order valence-corrected chi connectivity index (χ3v) is 6.79. The summed E-state index contributed by atoms with van der Waals surface area (Å²) < 4.78 is 13.5. The summed E-state index contributed by atoms with van der Waals surface area (Å²) in [5.74, 6) is -0.835. The lowest BCUT2D eigenvalue weighted by atomic mass is 10.1. The topological polar surface area (TPSA) is 124 Å². The number of carboxylic acid groups (broad SMARTS) is 1. The minimum absolute atomic E-state index is 0.303. The molecule has 2 atom stereocenters. The predicted molar refractivity (Wildman–Crippen MR) is 131 cm³/mol. The molecule has 0 radical (unpaired) electrons. The molecule has 0 bridgehead atoms. The maximum absolute atomic E-state index is 13.5. The molecule has 9 heteroatoms. The molecule has 2 unspecified atom stereocenters. The molecule has 1 aromatic heterocycles. The molecular weight excluding hydrogens is 452 g/mol. The van der Waals surface area contributed by atoms with Crippen molar-refractivity contribution in [3.63, 3.8) is 0 Å². The largest absolute Gasteiger partial charge is 0.481 e. The van der Waals surface area contributed by atoms with Crippen molar-refractivity contribution in [1.82, 2.24) is 9.97 Å². The first-order chi connectivity index (χ1) is 16.5. The normalized spacial score (nSPS) is 12.5. The molecule has 0 fully saturated rings. The number of aromatic amines is 1. The van der Waals surface area contributed by atoms with Gasteiger partial charge in [0.1, 0.15) is 0 Å². The average molecular weight is 475 g/mol. The molecule has 0 saturated heterocycles. The molecule has 0 aliphatic rings. The fraction of sp³-hybridized carbons (Fsp3) is 0.0800. The van der Waals surface area contributed by atoms with Gasteiger partial charge in [-0.2, -0.15) is 0 Å². The number of nitrogens with zero attached hydrogens (tertiary/aromatic N) is 1. The summed E-state index contributed by atoms with van der Waals surface area (Å²) >= 11 is 0. The molecule has 4 N–H and O–H groups in total. The molecule has 172 valence electrons. The van der Waals surface area contributed by atoms with Crippen LogP contribution in [0.15, 0.2) is 96.2 Å². The van der Waals surface area contributed by atoms with Crippen LogP contribution in [-0.4, -0.2) is 31.2 Å². The number of nitrogens with one attached hydrogen (secondary N) is 3. The monoisotopic (exact) mass is 474 g/mol. The number of imidazole rings is 1. The van der Waals surface area contributed by atoms with E-state index in [9.17, 15) is 18.9 Å². The zero-order chi connectivity index (χ0) is 23.9. The van der Waals surface area contributed by atoms with Crippen LogP contribution >= 0.6 is 0 Å². The van der Waals surface area contributed by atoms with E-state index < -0.39 is 22.0 Å². The first-order valence-electron chi connectivity index (χ1n) is 10.5. The van der Waals surface area contributed by atoms with E-state index in [2.05, 4.69) is 20.6 Å². The van der Waals surface area contributed by atoms with Gasteiger partial charge in [-0.15, -0.1) is 0 Å². The molecule has 4 aromatic rings. The lowest BCUT2D eigenvalue weighted by Crippen LogP contribution is -2.16. The summed E-state index contributed by atoms with van der Waals surface area (Å²) in [6, 6.07) is 22.4. The molecule has 0 saturated carbocycles. The number of benzene rings is 3. The minimum atomic E-state index is -1.72. The van der Waals surface area contributed by atoms with Gasteiger partial charge in [0.05, 0.1) is 33.1 Å². The number of carbonyl (C=O) groups is 2. The molecule has 1 amide bonds. The zero-order valence-electron chi connectivity index (χ0n) is 18.0. The standard InChI is InChI=1S/C25H22N4O4S/c30-23(31)16-22(17-6-2-1-3-7-17)34(33)21-9-5-4-8-20(21)29-24(32)18-10-12-19(13-11-18)28-25-26-14-15-27-25/h1-15,22H,16H2,(H,29,32)(H,30,31)(H2,26,27,28). The van der Waals surface area contributed by atoms with E-state index in [0.29, 0.717) is 27.7 Å². The molecule has 0 spiro atoms. The molecular formula is C25H22N4O4S. The summed E-state index contributed by atoms with van der Waals surface area (Å²) in [7, 11) is -1.72. The van der Waals surface area contributed by atoms with E-state index in [-0.39, 0.29) is 12.3 Å². The van der Waals surface area contributed by atoms with Crippen LogP contribution in [0.2, 0.25) is 0 Å². The molecule has 4 rings (SSSR count). The van der Waals surface area contributed by atoms with Crippen molar-refractivity contribution < 1.29 is 18.9 Å². The summed E-state index contributed by atoms with van der Waals surface area (Å²) in [5, 5.41) is 14.5.